The number of hydrogen-bond acceptors (Lipinski definition) is 3. The van der Waals surface area contributed by atoms with Gasteiger partial charge in [-0.05, 0) is 53.6 Å². The number of halogens is 4. The molecule has 120 valence electrons. The highest BCUT2D eigenvalue weighted by Crippen LogP contribution is 2.34. The Morgan fingerprint density at radius 3 is 2.52 bits per heavy atom. The maximum atomic E-state index is 12.6. The summed E-state index contributed by atoms with van der Waals surface area (Å²) in [6.45, 7) is 3.15. The van der Waals surface area contributed by atoms with Gasteiger partial charge in [0.15, 0.2) is 0 Å². The molecule has 0 aliphatic heterocycles. The maximum Gasteiger partial charge on any atom is 0.416 e. The van der Waals surface area contributed by atoms with E-state index in [9.17, 15) is 21.6 Å². The highest BCUT2D eigenvalue weighted by atomic mass is 79.9. The molecular formula is C12H16BrF3N2O2S. The lowest BCUT2D eigenvalue weighted by Gasteiger charge is -2.13. The van der Waals surface area contributed by atoms with Crippen LogP contribution in [0.15, 0.2) is 22.7 Å². The molecule has 2 N–H and O–H groups in total. The van der Waals surface area contributed by atoms with E-state index in [1.54, 1.807) is 0 Å². The smallest absolute Gasteiger partial charge is 0.317 e. The van der Waals surface area contributed by atoms with Gasteiger partial charge in [0.25, 0.3) is 0 Å². The SMILES string of the molecule is CCNCCCS(=O)(=O)Nc1cc(C(F)(F)F)ccc1Br. The molecule has 0 fully saturated rings. The van der Waals surface area contributed by atoms with Crippen molar-refractivity contribution in [2.75, 3.05) is 23.6 Å². The summed E-state index contributed by atoms with van der Waals surface area (Å²) >= 11 is 3.04. The summed E-state index contributed by atoms with van der Waals surface area (Å²) in [6.07, 6.45) is -4.15. The molecule has 0 spiro atoms. The minimum absolute atomic E-state index is 0.117. The van der Waals surface area contributed by atoms with E-state index >= 15 is 0 Å². The predicted molar refractivity (Wildman–Crippen MR) is 79.7 cm³/mol. The fraction of sp³-hybridized carbons (Fsp3) is 0.500. The first kappa shape index (κ1) is 18.2. The zero-order valence-corrected chi connectivity index (χ0v) is 13.7. The standard InChI is InChI=1S/C12H16BrF3N2O2S/c1-2-17-6-3-7-21(19,20)18-11-8-9(12(14,15)16)4-5-10(11)13/h4-5,8,17-18H,2-3,6-7H2,1H3. The summed E-state index contributed by atoms with van der Waals surface area (Å²) in [4.78, 5) is 0. The van der Waals surface area contributed by atoms with E-state index < -0.39 is 21.8 Å². The number of anilines is 1. The average Bonchev–Trinajstić information content (AvgIpc) is 2.36. The molecule has 4 nitrogen and oxygen atoms in total. The van der Waals surface area contributed by atoms with Crippen molar-refractivity contribution in [3.63, 3.8) is 0 Å². The van der Waals surface area contributed by atoms with Crippen molar-refractivity contribution in [2.24, 2.45) is 0 Å². The van der Waals surface area contributed by atoms with Crippen LogP contribution in [0.2, 0.25) is 0 Å². The third kappa shape index (κ3) is 6.23. The van der Waals surface area contributed by atoms with Crippen LogP contribution < -0.4 is 10.0 Å². The second kappa shape index (κ2) is 7.46. The summed E-state index contributed by atoms with van der Waals surface area (Å²) in [5.74, 6) is -0.164. The zero-order chi connectivity index (χ0) is 16.1. The van der Waals surface area contributed by atoms with Crippen molar-refractivity contribution < 1.29 is 21.6 Å². The topological polar surface area (TPSA) is 58.2 Å². The minimum Gasteiger partial charge on any atom is -0.317 e. The molecule has 1 aromatic rings. The van der Waals surface area contributed by atoms with Crippen LogP contribution in [0.5, 0.6) is 0 Å². The normalized spacial score (nSPS) is 12.4. The van der Waals surface area contributed by atoms with Crippen molar-refractivity contribution in [2.45, 2.75) is 19.5 Å². The molecule has 0 saturated heterocycles. The second-order valence-corrected chi connectivity index (χ2v) is 7.02. The van der Waals surface area contributed by atoms with E-state index in [1.165, 1.54) is 6.07 Å². The van der Waals surface area contributed by atoms with Gasteiger partial charge >= 0.3 is 6.18 Å². The zero-order valence-electron chi connectivity index (χ0n) is 11.3. The molecule has 0 heterocycles. The first-order chi connectivity index (χ1) is 9.65. The van der Waals surface area contributed by atoms with Crippen LogP contribution >= 0.6 is 15.9 Å². The van der Waals surface area contributed by atoms with Gasteiger partial charge in [0, 0.05) is 4.47 Å². The van der Waals surface area contributed by atoms with Gasteiger partial charge in [-0.25, -0.2) is 8.42 Å². The summed E-state index contributed by atoms with van der Waals surface area (Å²) in [7, 11) is -3.69. The van der Waals surface area contributed by atoms with Crippen LogP contribution in [0.3, 0.4) is 0 Å². The summed E-state index contributed by atoms with van der Waals surface area (Å²) in [5, 5.41) is 2.97. The Morgan fingerprint density at radius 1 is 1.29 bits per heavy atom. The quantitative estimate of drug-likeness (QED) is 0.705. The van der Waals surface area contributed by atoms with Gasteiger partial charge in [0.05, 0.1) is 17.0 Å². The van der Waals surface area contributed by atoms with Crippen LogP contribution in [0.25, 0.3) is 0 Å². The number of hydrogen-bond donors (Lipinski definition) is 2. The molecule has 0 amide bonds. The largest absolute Gasteiger partial charge is 0.416 e. The molecule has 21 heavy (non-hydrogen) atoms. The fourth-order valence-corrected chi connectivity index (χ4v) is 3.17. The monoisotopic (exact) mass is 388 g/mol. The Hall–Kier alpha value is -0.800. The van der Waals surface area contributed by atoms with Crippen molar-refractivity contribution in [1.82, 2.24) is 5.32 Å². The number of rotatable bonds is 7. The predicted octanol–water partition coefficient (Wildman–Crippen LogP) is 3.21. The Balaban J connectivity index is 2.82. The molecule has 1 rings (SSSR count). The van der Waals surface area contributed by atoms with E-state index in [2.05, 4.69) is 26.0 Å². The molecule has 1 aromatic carbocycles. The van der Waals surface area contributed by atoms with E-state index in [4.69, 9.17) is 0 Å². The van der Waals surface area contributed by atoms with Crippen molar-refractivity contribution in [3.8, 4) is 0 Å². The summed E-state index contributed by atoms with van der Waals surface area (Å²) < 4.78 is 64.0. The third-order valence-electron chi connectivity index (χ3n) is 2.58. The van der Waals surface area contributed by atoms with Crippen molar-refractivity contribution in [1.29, 1.82) is 0 Å². The lowest BCUT2D eigenvalue weighted by molar-refractivity contribution is -0.137. The lowest BCUT2D eigenvalue weighted by Crippen LogP contribution is -2.22. The Kier molecular flexibility index (Phi) is 6.48. The highest BCUT2D eigenvalue weighted by molar-refractivity contribution is 9.10. The molecule has 0 radical (unpaired) electrons. The van der Waals surface area contributed by atoms with Crippen molar-refractivity contribution in [3.05, 3.63) is 28.2 Å². The second-order valence-electron chi connectivity index (χ2n) is 4.32. The van der Waals surface area contributed by atoms with Gasteiger partial charge in [-0.2, -0.15) is 13.2 Å². The molecule has 0 aliphatic carbocycles. The van der Waals surface area contributed by atoms with Gasteiger partial charge in [0.1, 0.15) is 0 Å². The summed E-state index contributed by atoms with van der Waals surface area (Å²) in [6, 6.07) is 2.82. The first-order valence-electron chi connectivity index (χ1n) is 6.23. The molecule has 9 heteroatoms. The molecule has 0 atom stereocenters. The number of benzene rings is 1. The first-order valence-corrected chi connectivity index (χ1v) is 8.68. The average molecular weight is 389 g/mol. The van der Waals surface area contributed by atoms with E-state index in [1.807, 2.05) is 6.92 Å². The molecule has 0 unspecified atom stereocenters. The third-order valence-corrected chi connectivity index (χ3v) is 4.62. The van der Waals surface area contributed by atoms with Crippen LogP contribution in [-0.4, -0.2) is 27.3 Å². The number of alkyl halides is 3. The Labute approximate surface area is 130 Å². The Morgan fingerprint density at radius 2 is 1.95 bits per heavy atom. The number of nitrogens with one attached hydrogen (secondary N) is 2. The van der Waals surface area contributed by atoms with Crippen LogP contribution in [0, 0.1) is 0 Å². The minimum atomic E-state index is -4.52. The molecule has 0 aliphatic rings. The summed E-state index contributed by atoms with van der Waals surface area (Å²) in [5.41, 5.74) is -1.02. The molecule has 0 saturated carbocycles. The van der Waals surface area contributed by atoms with E-state index in [0.29, 0.717) is 13.0 Å². The lowest BCUT2D eigenvalue weighted by atomic mass is 10.2. The fourth-order valence-electron chi connectivity index (χ4n) is 1.56. The molecular weight excluding hydrogens is 373 g/mol. The Bertz CT molecular complexity index is 576. The van der Waals surface area contributed by atoms with Crippen LogP contribution in [0.1, 0.15) is 18.9 Å². The maximum absolute atomic E-state index is 12.6. The van der Waals surface area contributed by atoms with E-state index in [-0.39, 0.29) is 15.9 Å². The van der Waals surface area contributed by atoms with Gasteiger partial charge in [-0.15, -0.1) is 0 Å². The van der Waals surface area contributed by atoms with Gasteiger partial charge < -0.3 is 5.32 Å². The van der Waals surface area contributed by atoms with E-state index in [0.717, 1.165) is 18.7 Å². The van der Waals surface area contributed by atoms with Gasteiger partial charge in [-0.3, -0.25) is 4.72 Å². The van der Waals surface area contributed by atoms with Crippen LogP contribution in [0.4, 0.5) is 18.9 Å². The van der Waals surface area contributed by atoms with Gasteiger partial charge in [-0.1, -0.05) is 6.92 Å². The molecule has 0 bridgehead atoms. The van der Waals surface area contributed by atoms with Gasteiger partial charge in [0.2, 0.25) is 10.0 Å². The van der Waals surface area contributed by atoms with Crippen LogP contribution in [-0.2, 0) is 16.2 Å². The highest BCUT2D eigenvalue weighted by Gasteiger charge is 2.31. The van der Waals surface area contributed by atoms with Crippen molar-refractivity contribution >= 4 is 31.6 Å². The molecule has 0 aromatic heterocycles. The number of sulfonamides is 1.